The van der Waals surface area contributed by atoms with Crippen molar-refractivity contribution in [2.75, 3.05) is 5.73 Å². The van der Waals surface area contributed by atoms with Crippen LogP contribution in [0.2, 0.25) is 5.02 Å². The van der Waals surface area contributed by atoms with Crippen LogP contribution in [0.25, 0.3) is 0 Å². The van der Waals surface area contributed by atoms with Gasteiger partial charge >= 0.3 is 0 Å². The van der Waals surface area contributed by atoms with Gasteiger partial charge < -0.3 is 5.73 Å². The maximum Gasteiger partial charge on any atom is 0.180 e. The van der Waals surface area contributed by atoms with Gasteiger partial charge in [0, 0.05) is 16.1 Å². The average molecular weight is 362 g/mol. The number of halogens is 2. The zero-order valence-corrected chi connectivity index (χ0v) is 14.8. The van der Waals surface area contributed by atoms with Gasteiger partial charge in [0.2, 0.25) is 0 Å². The van der Waals surface area contributed by atoms with Crippen LogP contribution in [-0.4, -0.2) is 13.9 Å². The minimum absolute atomic E-state index is 0.260. The number of hydrogen-bond acceptors (Lipinski definition) is 4. The third kappa shape index (κ3) is 4.04. The van der Waals surface area contributed by atoms with E-state index in [9.17, 15) is 8.60 Å². The van der Waals surface area contributed by atoms with Crippen LogP contribution in [0.5, 0.6) is 0 Å². The Hall–Kier alpha value is -1.02. The van der Waals surface area contributed by atoms with Crippen LogP contribution in [0.4, 0.5) is 9.52 Å². The van der Waals surface area contributed by atoms with Crippen LogP contribution in [0.15, 0.2) is 24.4 Å². The van der Waals surface area contributed by atoms with Gasteiger partial charge in [-0.3, -0.25) is 0 Å². The maximum atomic E-state index is 13.3. The highest BCUT2D eigenvalue weighted by Gasteiger charge is 2.27. The molecule has 0 bridgehead atoms. The first-order valence-electron chi connectivity index (χ1n) is 6.52. The number of nitrogens with two attached hydrogens (primary N) is 1. The first-order chi connectivity index (χ1) is 10.2. The molecule has 0 spiro atoms. The summed E-state index contributed by atoms with van der Waals surface area (Å²) in [6, 6.07) is 3.66. The molecule has 0 radical (unpaired) electrons. The molecule has 2 rings (SSSR count). The van der Waals surface area contributed by atoms with Gasteiger partial charge in [0.05, 0.1) is 21.8 Å². The second-order valence-corrected chi connectivity index (χ2v) is 9.20. The molecule has 1 heterocycles. The lowest BCUT2D eigenvalue weighted by molar-refractivity contribution is 0.619. The molecule has 3 N–H and O–H groups in total. The van der Waals surface area contributed by atoms with E-state index in [1.807, 2.05) is 20.8 Å². The summed E-state index contributed by atoms with van der Waals surface area (Å²) in [6.07, 6.45) is 1.61. The number of rotatable bonds is 4. The molecule has 22 heavy (non-hydrogen) atoms. The van der Waals surface area contributed by atoms with Crippen LogP contribution in [0, 0.1) is 5.82 Å². The third-order valence-corrected chi connectivity index (χ3v) is 5.66. The molecular weight excluding hydrogens is 345 g/mol. The highest BCUT2D eigenvalue weighted by Crippen LogP contribution is 2.33. The van der Waals surface area contributed by atoms with Gasteiger partial charge in [0.15, 0.2) is 5.13 Å². The Morgan fingerprint density at radius 1 is 1.45 bits per heavy atom. The molecule has 0 aliphatic rings. The quantitative estimate of drug-likeness (QED) is 0.873. The van der Waals surface area contributed by atoms with E-state index in [4.69, 9.17) is 17.3 Å². The topological polar surface area (TPSA) is 68.0 Å². The van der Waals surface area contributed by atoms with Gasteiger partial charge in [-0.2, -0.15) is 0 Å². The SMILES string of the molecule is CC(C)(C)[S@@](=O)N[C@H](c1cnc(N)s1)c1ccc(F)cc1Cl. The molecule has 120 valence electrons. The normalized spacial score (nSPS) is 14.8. The number of nitrogens with one attached hydrogen (secondary N) is 1. The number of nitrogen functional groups attached to an aromatic ring is 1. The number of hydrogen-bond donors (Lipinski definition) is 2. The van der Waals surface area contributed by atoms with E-state index >= 15 is 0 Å². The van der Waals surface area contributed by atoms with Crippen molar-refractivity contribution in [3.8, 4) is 0 Å². The molecule has 0 saturated carbocycles. The predicted molar refractivity (Wildman–Crippen MR) is 90.8 cm³/mol. The van der Waals surface area contributed by atoms with Gasteiger partial charge in [-0.05, 0) is 38.5 Å². The molecule has 1 aromatic carbocycles. The summed E-state index contributed by atoms with van der Waals surface area (Å²) in [5.41, 5.74) is 6.31. The molecule has 2 aromatic rings. The molecule has 0 aliphatic carbocycles. The molecule has 4 nitrogen and oxygen atoms in total. The summed E-state index contributed by atoms with van der Waals surface area (Å²) >= 11 is 7.43. The number of aromatic nitrogens is 1. The van der Waals surface area contributed by atoms with Crippen molar-refractivity contribution in [2.45, 2.75) is 31.6 Å². The summed E-state index contributed by atoms with van der Waals surface area (Å²) in [7, 11) is -1.34. The van der Waals surface area contributed by atoms with Gasteiger partial charge in [0.1, 0.15) is 5.82 Å². The minimum atomic E-state index is -1.34. The second-order valence-electron chi connectivity index (χ2n) is 5.70. The van der Waals surface area contributed by atoms with Gasteiger partial charge in [-0.25, -0.2) is 18.3 Å². The lowest BCUT2D eigenvalue weighted by Crippen LogP contribution is -2.36. The smallest absolute Gasteiger partial charge is 0.180 e. The fourth-order valence-corrected chi connectivity index (χ4v) is 3.66. The number of benzene rings is 1. The van der Waals surface area contributed by atoms with Crippen LogP contribution < -0.4 is 10.5 Å². The predicted octanol–water partition coefficient (Wildman–Crippen LogP) is 3.66. The Bertz CT molecular complexity index is 700. The van der Waals surface area contributed by atoms with Crippen molar-refractivity contribution in [2.24, 2.45) is 0 Å². The Balaban J connectivity index is 2.44. The standard InChI is InChI=1S/C14H17ClFN3OS2/c1-14(2,3)22(20)19-12(11-7-18-13(17)21-11)9-5-4-8(16)6-10(9)15/h4-7,12,19H,1-3H3,(H2,17,18)/t12-,22+/m0/s1. The Morgan fingerprint density at radius 2 is 2.14 bits per heavy atom. The van der Waals surface area contributed by atoms with Crippen molar-refractivity contribution in [3.05, 3.63) is 45.7 Å². The summed E-state index contributed by atoms with van der Waals surface area (Å²) in [4.78, 5) is 4.79. The Morgan fingerprint density at radius 3 is 2.64 bits per heavy atom. The highest BCUT2D eigenvalue weighted by atomic mass is 35.5. The Labute approximate surface area is 140 Å². The second kappa shape index (κ2) is 6.62. The zero-order valence-electron chi connectivity index (χ0n) is 12.4. The minimum Gasteiger partial charge on any atom is -0.375 e. The highest BCUT2D eigenvalue weighted by molar-refractivity contribution is 7.84. The van der Waals surface area contributed by atoms with Crippen molar-refractivity contribution >= 4 is 39.1 Å². The average Bonchev–Trinajstić information content (AvgIpc) is 2.82. The maximum absolute atomic E-state index is 13.3. The molecule has 0 saturated heterocycles. The summed E-state index contributed by atoms with van der Waals surface area (Å²) in [6.45, 7) is 5.58. The van der Waals surface area contributed by atoms with Crippen molar-refractivity contribution in [3.63, 3.8) is 0 Å². The Kier molecular flexibility index (Phi) is 5.21. The molecule has 1 aromatic heterocycles. The zero-order chi connectivity index (χ0) is 16.5. The monoisotopic (exact) mass is 361 g/mol. The number of anilines is 1. The van der Waals surface area contributed by atoms with E-state index in [1.54, 1.807) is 12.3 Å². The first-order valence-corrected chi connectivity index (χ1v) is 8.87. The molecule has 2 atom stereocenters. The van der Waals surface area contributed by atoms with E-state index in [2.05, 4.69) is 9.71 Å². The summed E-state index contributed by atoms with van der Waals surface area (Å²) in [5.74, 6) is -0.423. The lowest BCUT2D eigenvalue weighted by atomic mass is 10.1. The largest absolute Gasteiger partial charge is 0.375 e. The molecule has 0 aliphatic heterocycles. The van der Waals surface area contributed by atoms with Crippen LogP contribution >= 0.6 is 22.9 Å². The molecule has 0 amide bonds. The third-order valence-electron chi connectivity index (χ3n) is 2.88. The van der Waals surface area contributed by atoms with E-state index < -0.39 is 27.6 Å². The molecule has 0 unspecified atom stereocenters. The first kappa shape index (κ1) is 17.3. The van der Waals surface area contributed by atoms with Crippen molar-refractivity contribution in [1.29, 1.82) is 0 Å². The van der Waals surface area contributed by atoms with Crippen LogP contribution in [0.1, 0.15) is 37.3 Å². The van der Waals surface area contributed by atoms with Gasteiger partial charge in [-0.15, -0.1) is 11.3 Å². The molecular formula is C14H17ClFN3OS2. The summed E-state index contributed by atoms with van der Waals surface area (Å²) in [5, 5.41) is 0.664. The number of nitrogens with zero attached hydrogens (tertiary/aromatic N) is 1. The van der Waals surface area contributed by atoms with Gasteiger partial charge in [-0.1, -0.05) is 17.7 Å². The molecule has 0 fully saturated rings. The lowest BCUT2D eigenvalue weighted by Gasteiger charge is -2.24. The molecule has 8 heteroatoms. The van der Waals surface area contributed by atoms with Gasteiger partial charge in [0.25, 0.3) is 0 Å². The van der Waals surface area contributed by atoms with Crippen LogP contribution in [0.3, 0.4) is 0 Å². The van der Waals surface area contributed by atoms with E-state index in [1.165, 1.54) is 23.5 Å². The van der Waals surface area contributed by atoms with Crippen molar-refractivity contribution in [1.82, 2.24) is 9.71 Å². The van der Waals surface area contributed by atoms with E-state index in [-0.39, 0.29) is 5.02 Å². The van der Waals surface area contributed by atoms with E-state index in [0.717, 1.165) is 4.88 Å². The fraction of sp³-hybridized carbons (Fsp3) is 0.357. The number of thiazole rings is 1. The van der Waals surface area contributed by atoms with E-state index in [0.29, 0.717) is 10.7 Å². The van der Waals surface area contributed by atoms with Crippen molar-refractivity contribution < 1.29 is 8.60 Å². The fourth-order valence-electron chi connectivity index (χ4n) is 1.73. The van der Waals surface area contributed by atoms with Crippen LogP contribution in [-0.2, 0) is 11.0 Å². The summed E-state index contributed by atoms with van der Waals surface area (Å²) < 4.78 is 28.3.